The van der Waals surface area contributed by atoms with Gasteiger partial charge in [-0.05, 0) is 43.3 Å². The number of benzene rings is 1. The van der Waals surface area contributed by atoms with Crippen molar-refractivity contribution in [2.24, 2.45) is 0 Å². The minimum absolute atomic E-state index is 0.0629. The Morgan fingerprint density at radius 3 is 2.35 bits per heavy atom. The van der Waals surface area contributed by atoms with Crippen molar-refractivity contribution >= 4 is 23.3 Å². The molecule has 1 aromatic carbocycles. The van der Waals surface area contributed by atoms with Gasteiger partial charge in [0.15, 0.2) is 12.4 Å². The van der Waals surface area contributed by atoms with Crippen molar-refractivity contribution in [2.75, 3.05) is 11.9 Å². The topological polar surface area (TPSA) is 85.6 Å². The summed E-state index contributed by atoms with van der Waals surface area (Å²) in [6.07, 6.45) is 0.378. The highest BCUT2D eigenvalue weighted by molar-refractivity contribution is 5.99. The zero-order chi connectivity index (χ0) is 16.8. The van der Waals surface area contributed by atoms with Crippen molar-refractivity contribution in [3.63, 3.8) is 0 Å². The lowest BCUT2D eigenvalue weighted by molar-refractivity contribution is -0.115. The Bertz CT molecular complexity index is 715. The van der Waals surface area contributed by atoms with Crippen molar-refractivity contribution in [3.8, 4) is 0 Å². The lowest BCUT2D eigenvalue weighted by atomic mass is 10.1. The van der Waals surface area contributed by atoms with E-state index < -0.39 is 5.97 Å². The molecule has 2 aromatic rings. The largest absolute Gasteiger partial charge is 0.454 e. The van der Waals surface area contributed by atoms with Gasteiger partial charge in [0, 0.05) is 17.7 Å². The number of anilines is 1. The summed E-state index contributed by atoms with van der Waals surface area (Å²) in [7, 11) is 0. The summed E-state index contributed by atoms with van der Waals surface area (Å²) in [4.78, 5) is 34.9. The third-order valence-electron chi connectivity index (χ3n) is 3.09. The maximum Gasteiger partial charge on any atom is 0.374 e. The SMILES string of the molecule is CCC(=O)Nc1ccc(C(=O)COC(=O)c2ccc(C)o2)cc1. The molecule has 0 unspecified atom stereocenters. The highest BCUT2D eigenvalue weighted by Crippen LogP contribution is 2.12. The number of Topliss-reactive ketones (excluding diaryl/α,β-unsaturated/α-hetero) is 1. The van der Waals surface area contributed by atoms with Crippen LogP contribution in [0.2, 0.25) is 0 Å². The molecule has 1 aromatic heterocycles. The van der Waals surface area contributed by atoms with Crippen LogP contribution in [0.3, 0.4) is 0 Å². The van der Waals surface area contributed by atoms with Crippen molar-refractivity contribution in [1.82, 2.24) is 0 Å². The summed E-state index contributed by atoms with van der Waals surface area (Å²) in [5.74, 6) is -0.471. The number of hydrogen-bond donors (Lipinski definition) is 1. The second-order valence-electron chi connectivity index (χ2n) is 4.89. The van der Waals surface area contributed by atoms with Gasteiger partial charge in [-0.3, -0.25) is 9.59 Å². The molecule has 0 fully saturated rings. The predicted molar refractivity (Wildman–Crippen MR) is 83.4 cm³/mol. The van der Waals surface area contributed by atoms with E-state index in [1.807, 2.05) is 0 Å². The van der Waals surface area contributed by atoms with Gasteiger partial charge in [0.2, 0.25) is 11.7 Å². The van der Waals surface area contributed by atoms with E-state index >= 15 is 0 Å². The lowest BCUT2D eigenvalue weighted by Crippen LogP contribution is -2.14. The fourth-order valence-corrected chi connectivity index (χ4v) is 1.82. The van der Waals surface area contributed by atoms with E-state index in [9.17, 15) is 14.4 Å². The molecule has 0 aliphatic rings. The average molecular weight is 315 g/mol. The van der Waals surface area contributed by atoms with Crippen LogP contribution in [0.25, 0.3) is 0 Å². The summed E-state index contributed by atoms with van der Waals surface area (Å²) in [5.41, 5.74) is 0.999. The van der Waals surface area contributed by atoms with Crippen LogP contribution < -0.4 is 5.32 Å². The number of carbonyl (C=O) groups excluding carboxylic acids is 3. The van der Waals surface area contributed by atoms with Crippen molar-refractivity contribution in [2.45, 2.75) is 20.3 Å². The Morgan fingerprint density at radius 2 is 1.78 bits per heavy atom. The highest BCUT2D eigenvalue weighted by atomic mass is 16.5. The van der Waals surface area contributed by atoms with Gasteiger partial charge < -0.3 is 14.5 Å². The first-order valence-electron chi connectivity index (χ1n) is 7.16. The molecule has 1 amide bonds. The first-order valence-corrected chi connectivity index (χ1v) is 7.16. The fourth-order valence-electron chi connectivity index (χ4n) is 1.82. The number of nitrogens with one attached hydrogen (secondary N) is 1. The normalized spacial score (nSPS) is 10.2. The number of ether oxygens (including phenoxy) is 1. The standard InChI is InChI=1S/C17H17NO5/c1-3-16(20)18-13-7-5-12(6-8-13)14(19)10-22-17(21)15-9-4-11(2)23-15/h4-9H,3,10H2,1-2H3,(H,18,20). The van der Waals surface area contributed by atoms with Crippen LogP contribution in [0.4, 0.5) is 5.69 Å². The zero-order valence-electron chi connectivity index (χ0n) is 12.9. The van der Waals surface area contributed by atoms with Gasteiger partial charge in [0.05, 0.1) is 0 Å². The van der Waals surface area contributed by atoms with E-state index in [1.165, 1.54) is 6.07 Å². The van der Waals surface area contributed by atoms with Crippen molar-refractivity contribution in [1.29, 1.82) is 0 Å². The molecule has 1 heterocycles. The highest BCUT2D eigenvalue weighted by Gasteiger charge is 2.14. The maximum atomic E-state index is 12.0. The first-order chi connectivity index (χ1) is 11.0. The first kappa shape index (κ1) is 16.5. The molecule has 0 bridgehead atoms. The summed E-state index contributed by atoms with van der Waals surface area (Å²) < 4.78 is 10.0. The molecule has 1 N–H and O–H groups in total. The number of ketones is 1. The van der Waals surface area contributed by atoms with E-state index in [0.717, 1.165) is 0 Å². The molecule has 2 rings (SSSR count). The summed E-state index contributed by atoms with van der Waals surface area (Å²) in [6.45, 7) is 3.09. The van der Waals surface area contributed by atoms with E-state index in [0.29, 0.717) is 23.4 Å². The Balaban J connectivity index is 1.90. The zero-order valence-corrected chi connectivity index (χ0v) is 12.9. The molecule has 0 saturated carbocycles. The molecule has 6 heteroatoms. The Hall–Kier alpha value is -2.89. The van der Waals surface area contributed by atoms with Crippen LogP contribution in [-0.2, 0) is 9.53 Å². The molecule has 23 heavy (non-hydrogen) atoms. The predicted octanol–water partition coefficient (Wildman–Crippen LogP) is 2.98. The summed E-state index contributed by atoms with van der Waals surface area (Å²) >= 11 is 0. The molecule has 0 saturated heterocycles. The van der Waals surface area contributed by atoms with Crippen molar-refractivity contribution < 1.29 is 23.5 Å². The molecule has 6 nitrogen and oxygen atoms in total. The lowest BCUT2D eigenvalue weighted by Gasteiger charge is -2.05. The van der Waals surface area contributed by atoms with Gasteiger partial charge in [-0.15, -0.1) is 0 Å². The van der Waals surface area contributed by atoms with E-state index in [2.05, 4.69) is 5.32 Å². The smallest absolute Gasteiger partial charge is 0.374 e. The second kappa shape index (κ2) is 7.40. The number of furan rings is 1. The minimum atomic E-state index is -0.682. The monoisotopic (exact) mass is 315 g/mol. The number of hydrogen-bond acceptors (Lipinski definition) is 5. The number of esters is 1. The van der Waals surface area contributed by atoms with Gasteiger partial charge in [0.25, 0.3) is 0 Å². The van der Waals surface area contributed by atoms with Crippen LogP contribution in [0.5, 0.6) is 0 Å². The Kier molecular flexibility index (Phi) is 5.30. The number of carbonyl (C=O) groups is 3. The fraction of sp³-hybridized carbons (Fsp3) is 0.235. The Labute approximate surface area is 133 Å². The third-order valence-corrected chi connectivity index (χ3v) is 3.09. The molecular formula is C17H17NO5. The quantitative estimate of drug-likeness (QED) is 0.654. The van der Waals surface area contributed by atoms with Crippen molar-refractivity contribution in [3.05, 3.63) is 53.5 Å². The summed E-state index contributed by atoms with van der Waals surface area (Å²) in [6, 6.07) is 9.52. The van der Waals surface area contributed by atoms with Gasteiger partial charge in [0.1, 0.15) is 5.76 Å². The third kappa shape index (κ3) is 4.54. The second-order valence-corrected chi connectivity index (χ2v) is 4.89. The molecule has 0 radical (unpaired) electrons. The van der Waals surface area contributed by atoms with E-state index in [-0.39, 0.29) is 24.1 Å². The number of amides is 1. The average Bonchev–Trinajstić information content (AvgIpc) is 2.99. The van der Waals surface area contributed by atoms with E-state index in [4.69, 9.17) is 9.15 Å². The van der Waals surface area contributed by atoms with Crippen LogP contribution in [0, 0.1) is 6.92 Å². The molecule has 0 spiro atoms. The minimum Gasteiger partial charge on any atom is -0.454 e. The molecular weight excluding hydrogens is 298 g/mol. The maximum absolute atomic E-state index is 12.0. The van der Waals surface area contributed by atoms with Gasteiger partial charge in [-0.1, -0.05) is 6.92 Å². The van der Waals surface area contributed by atoms with Crippen LogP contribution >= 0.6 is 0 Å². The molecule has 120 valence electrons. The van der Waals surface area contributed by atoms with Crippen LogP contribution in [0.15, 0.2) is 40.8 Å². The van der Waals surface area contributed by atoms with E-state index in [1.54, 1.807) is 44.2 Å². The van der Waals surface area contributed by atoms with Gasteiger partial charge >= 0.3 is 5.97 Å². The number of rotatable bonds is 6. The molecule has 0 atom stereocenters. The van der Waals surface area contributed by atoms with Crippen LogP contribution in [0.1, 0.15) is 40.0 Å². The van der Waals surface area contributed by atoms with Gasteiger partial charge in [-0.2, -0.15) is 0 Å². The molecule has 0 aliphatic carbocycles. The Morgan fingerprint density at radius 1 is 1.09 bits per heavy atom. The molecule has 0 aliphatic heterocycles. The number of aryl methyl sites for hydroxylation is 1. The summed E-state index contributed by atoms with van der Waals surface area (Å²) in [5, 5.41) is 2.68. The van der Waals surface area contributed by atoms with Crippen LogP contribution in [-0.4, -0.2) is 24.3 Å². The van der Waals surface area contributed by atoms with Gasteiger partial charge in [-0.25, -0.2) is 4.79 Å².